The zero-order chi connectivity index (χ0) is 19.0. The van der Waals surface area contributed by atoms with E-state index >= 15 is 0 Å². The Bertz CT molecular complexity index is 847. The summed E-state index contributed by atoms with van der Waals surface area (Å²) >= 11 is 11.8. The molecule has 1 aliphatic heterocycles. The molecule has 0 unspecified atom stereocenters. The average molecular weight is 410 g/mol. The zero-order valence-electron chi connectivity index (χ0n) is 15.6. The van der Waals surface area contributed by atoms with Crippen molar-refractivity contribution < 1.29 is 4.39 Å². The number of hydrogen-bond acceptors (Lipinski definition) is 4. The second-order valence-corrected chi connectivity index (χ2v) is 8.17. The topological polar surface area (TPSA) is 29.2 Å². The largest absolute Gasteiger partial charge is 0.304 e. The molecule has 0 atom stereocenters. The van der Waals surface area contributed by atoms with Crippen molar-refractivity contribution in [2.75, 3.05) is 26.2 Å². The van der Waals surface area contributed by atoms with Crippen molar-refractivity contribution in [1.29, 1.82) is 0 Å². The minimum atomic E-state index is -0.228. The minimum absolute atomic E-state index is 0.228. The SMILES string of the molecule is CCn1c(C2CC2)nn(CN2CCN(Cc3c(F)cccc3Cl)CC2)c1=S. The molecular weight excluding hydrogens is 385 g/mol. The normalized spacial score (nSPS) is 18.9. The lowest BCUT2D eigenvalue weighted by Crippen LogP contribution is -2.46. The first-order valence-corrected chi connectivity index (χ1v) is 10.4. The lowest BCUT2D eigenvalue weighted by molar-refractivity contribution is 0.0972. The second kappa shape index (κ2) is 7.99. The van der Waals surface area contributed by atoms with E-state index in [1.54, 1.807) is 12.1 Å². The molecule has 0 N–H and O–H groups in total. The van der Waals surface area contributed by atoms with Crippen LogP contribution < -0.4 is 0 Å². The first-order chi connectivity index (χ1) is 13.1. The molecule has 1 saturated heterocycles. The summed E-state index contributed by atoms with van der Waals surface area (Å²) in [5.41, 5.74) is 0.589. The fourth-order valence-corrected chi connectivity index (χ4v) is 4.22. The first-order valence-electron chi connectivity index (χ1n) is 9.62. The minimum Gasteiger partial charge on any atom is -0.304 e. The zero-order valence-corrected chi connectivity index (χ0v) is 17.1. The number of rotatable bonds is 6. The van der Waals surface area contributed by atoms with E-state index < -0.39 is 0 Å². The summed E-state index contributed by atoms with van der Waals surface area (Å²) in [6.07, 6.45) is 2.45. The van der Waals surface area contributed by atoms with Gasteiger partial charge in [-0.1, -0.05) is 17.7 Å². The van der Waals surface area contributed by atoms with Crippen LogP contribution >= 0.6 is 23.8 Å². The van der Waals surface area contributed by atoms with Crippen molar-refractivity contribution in [3.63, 3.8) is 0 Å². The lowest BCUT2D eigenvalue weighted by atomic mass is 10.2. The molecular formula is C19H25ClFN5S. The number of halogens is 2. The Morgan fingerprint density at radius 2 is 1.89 bits per heavy atom. The van der Waals surface area contributed by atoms with Gasteiger partial charge in [0.25, 0.3) is 0 Å². The number of nitrogens with zero attached hydrogens (tertiary/aromatic N) is 5. The van der Waals surface area contributed by atoms with Gasteiger partial charge in [0.05, 0.1) is 6.67 Å². The third-order valence-electron chi connectivity index (χ3n) is 5.45. The molecule has 2 heterocycles. The van der Waals surface area contributed by atoms with Gasteiger partial charge in [0.1, 0.15) is 11.6 Å². The molecule has 8 heteroatoms. The number of aromatic nitrogens is 3. The van der Waals surface area contributed by atoms with Gasteiger partial charge in [0.15, 0.2) is 4.77 Å². The molecule has 0 bridgehead atoms. The van der Waals surface area contributed by atoms with Crippen LogP contribution in [0.15, 0.2) is 18.2 Å². The number of benzene rings is 1. The Balaban J connectivity index is 1.37. The van der Waals surface area contributed by atoms with Crippen LogP contribution in [0.1, 0.15) is 37.1 Å². The standard InChI is InChI=1S/C19H25ClFN5S/c1-2-25-18(14-6-7-14)22-26(19(25)27)13-24-10-8-23(9-11-24)12-15-16(20)4-3-5-17(15)21/h3-5,14H,2,6-13H2,1H3. The van der Waals surface area contributed by atoms with Crippen molar-refractivity contribution in [3.8, 4) is 0 Å². The summed E-state index contributed by atoms with van der Waals surface area (Å²) in [5, 5.41) is 5.30. The summed E-state index contributed by atoms with van der Waals surface area (Å²) in [5.74, 6) is 1.51. The lowest BCUT2D eigenvalue weighted by Gasteiger charge is -2.34. The smallest absolute Gasteiger partial charge is 0.199 e. The maximum atomic E-state index is 14.0. The van der Waals surface area contributed by atoms with Crippen molar-refractivity contribution in [1.82, 2.24) is 24.1 Å². The van der Waals surface area contributed by atoms with Gasteiger partial charge in [0, 0.05) is 55.8 Å². The molecule has 27 heavy (non-hydrogen) atoms. The van der Waals surface area contributed by atoms with Gasteiger partial charge >= 0.3 is 0 Å². The van der Waals surface area contributed by atoms with Crippen molar-refractivity contribution >= 4 is 23.8 Å². The summed E-state index contributed by atoms with van der Waals surface area (Å²) in [4.78, 5) is 4.61. The van der Waals surface area contributed by atoms with E-state index in [-0.39, 0.29) is 5.82 Å². The molecule has 2 fully saturated rings. The highest BCUT2D eigenvalue weighted by molar-refractivity contribution is 7.71. The molecule has 146 valence electrons. The van der Waals surface area contributed by atoms with E-state index in [9.17, 15) is 4.39 Å². The summed E-state index contributed by atoms with van der Waals surface area (Å²) < 4.78 is 19.0. The number of piperazine rings is 1. The van der Waals surface area contributed by atoms with Gasteiger partial charge in [-0.05, 0) is 44.1 Å². The fraction of sp³-hybridized carbons (Fsp3) is 0.579. The quantitative estimate of drug-likeness (QED) is 0.677. The highest BCUT2D eigenvalue weighted by atomic mass is 35.5. The predicted molar refractivity (Wildman–Crippen MR) is 107 cm³/mol. The van der Waals surface area contributed by atoms with Crippen LogP contribution in [0, 0.1) is 10.6 Å². The van der Waals surface area contributed by atoms with Crippen LogP contribution in [0.2, 0.25) is 5.02 Å². The van der Waals surface area contributed by atoms with Crippen molar-refractivity contribution in [2.45, 2.75) is 45.4 Å². The van der Waals surface area contributed by atoms with E-state index in [4.69, 9.17) is 28.9 Å². The molecule has 0 spiro atoms. The first kappa shape index (κ1) is 19.1. The van der Waals surface area contributed by atoms with Gasteiger partial charge in [-0.2, -0.15) is 5.10 Å². The van der Waals surface area contributed by atoms with Crippen molar-refractivity contribution in [3.05, 3.63) is 45.2 Å². The Morgan fingerprint density at radius 3 is 2.52 bits per heavy atom. The Kier molecular flexibility index (Phi) is 5.64. The summed E-state index contributed by atoms with van der Waals surface area (Å²) in [6.45, 7) is 7.85. The van der Waals surface area contributed by atoms with E-state index in [0.717, 1.165) is 50.0 Å². The van der Waals surface area contributed by atoms with Crippen LogP contribution in [0.25, 0.3) is 0 Å². The molecule has 4 rings (SSSR count). The fourth-order valence-electron chi connectivity index (χ4n) is 3.68. The van der Waals surface area contributed by atoms with Crippen LogP contribution in [0.4, 0.5) is 4.39 Å². The van der Waals surface area contributed by atoms with Crippen molar-refractivity contribution in [2.24, 2.45) is 0 Å². The molecule has 2 aliphatic rings. The molecule has 0 amide bonds. The molecule has 5 nitrogen and oxygen atoms in total. The van der Waals surface area contributed by atoms with E-state index in [2.05, 4.69) is 21.3 Å². The highest BCUT2D eigenvalue weighted by Gasteiger charge is 2.30. The Morgan fingerprint density at radius 1 is 1.19 bits per heavy atom. The summed E-state index contributed by atoms with van der Waals surface area (Å²) in [6, 6.07) is 4.87. The molecule has 0 radical (unpaired) electrons. The van der Waals surface area contributed by atoms with E-state index in [0.29, 0.717) is 23.0 Å². The molecule has 1 aliphatic carbocycles. The van der Waals surface area contributed by atoms with E-state index in [1.165, 1.54) is 18.9 Å². The Labute approximate surface area is 169 Å². The maximum absolute atomic E-state index is 14.0. The molecule has 1 saturated carbocycles. The predicted octanol–water partition coefficient (Wildman–Crippen LogP) is 3.88. The highest BCUT2D eigenvalue weighted by Crippen LogP contribution is 2.39. The maximum Gasteiger partial charge on any atom is 0.199 e. The number of hydrogen-bond donors (Lipinski definition) is 0. The van der Waals surface area contributed by atoms with E-state index in [1.807, 2.05) is 4.68 Å². The van der Waals surface area contributed by atoms with Crippen LogP contribution in [0.3, 0.4) is 0 Å². The molecule has 1 aromatic heterocycles. The summed E-state index contributed by atoms with van der Waals surface area (Å²) in [7, 11) is 0. The average Bonchev–Trinajstić information content (AvgIpc) is 3.45. The second-order valence-electron chi connectivity index (χ2n) is 7.39. The van der Waals surface area contributed by atoms with Crippen LogP contribution in [0.5, 0.6) is 0 Å². The van der Waals surface area contributed by atoms with Gasteiger partial charge in [-0.15, -0.1) is 0 Å². The third-order valence-corrected chi connectivity index (χ3v) is 6.24. The third kappa shape index (κ3) is 4.11. The van der Waals surface area contributed by atoms with Gasteiger partial charge in [-0.3, -0.25) is 9.80 Å². The van der Waals surface area contributed by atoms with Gasteiger partial charge < -0.3 is 4.57 Å². The Hall–Kier alpha value is -1.28. The molecule has 1 aromatic carbocycles. The van der Waals surface area contributed by atoms with Gasteiger partial charge in [-0.25, -0.2) is 9.07 Å². The van der Waals surface area contributed by atoms with Gasteiger partial charge in [0.2, 0.25) is 0 Å². The van der Waals surface area contributed by atoms with Crippen LogP contribution in [-0.4, -0.2) is 50.3 Å². The monoisotopic (exact) mass is 409 g/mol. The van der Waals surface area contributed by atoms with Crippen LogP contribution in [-0.2, 0) is 19.8 Å². The molecule has 2 aromatic rings.